The zero-order chi connectivity index (χ0) is 16.4. The van der Waals surface area contributed by atoms with E-state index < -0.39 is 0 Å². The zero-order valence-electron chi connectivity index (χ0n) is 13.2. The summed E-state index contributed by atoms with van der Waals surface area (Å²) in [5.41, 5.74) is 2.92. The number of hydrogen-bond acceptors (Lipinski definition) is 3. The summed E-state index contributed by atoms with van der Waals surface area (Å²) in [6.45, 7) is 2.22. The Morgan fingerprint density at radius 2 is 2.00 bits per heavy atom. The van der Waals surface area contributed by atoms with Crippen molar-refractivity contribution >= 4 is 28.9 Å². The first-order valence-electron chi connectivity index (χ1n) is 7.64. The molecule has 120 valence electrons. The van der Waals surface area contributed by atoms with E-state index in [9.17, 15) is 4.79 Å². The minimum absolute atomic E-state index is 0.0422. The summed E-state index contributed by atoms with van der Waals surface area (Å²) in [6.07, 6.45) is 0.935. The van der Waals surface area contributed by atoms with Crippen molar-refractivity contribution in [3.05, 3.63) is 53.1 Å². The fourth-order valence-electron chi connectivity index (χ4n) is 2.68. The molecular formula is C18H19ClN2O2. The summed E-state index contributed by atoms with van der Waals surface area (Å²) < 4.78 is 5.46. The van der Waals surface area contributed by atoms with Gasteiger partial charge in [0.15, 0.2) is 6.61 Å². The summed E-state index contributed by atoms with van der Waals surface area (Å²) in [6, 6.07) is 13.8. The lowest BCUT2D eigenvalue weighted by atomic mass is 10.0. The van der Waals surface area contributed by atoms with E-state index in [-0.39, 0.29) is 18.6 Å². The number of ether oxygens (including phenoxy) is 1. The maximum absolute atomic E-state index is 11.8. The number of carbonyl (C=O) groups excluding carboxylic acids is 1. The summed E-state index contributed by atoms with van der Waals surface area (Å²) in [4.78, 5) is 13.4. The molecule has 1 atom stereocenters. The number of carbonyl (C=O) groups is 1. The Kier molecular flexibility index (Phi) is 4.44. The van der Waals surface area contributed by atoms with E-state index in [1.165, 1.54) is 5.56 Å². The quantitative estimate of drug-likeness (QED) is 0.910. The fraction of sp³-hybridized carbons (Fsp3) is 0.278. The molecule has 1 heterocycles. The Balaban J connectivity index is 1.84. The zero-order valence-corrected chi connectivity index (χ0v) is 13.9. The van der Waals surface area contributed by atoms with Gasteiger partial charge in [-0.2, -0.15) is 0 Å². The number of anilines is 2. The smallest absolute Gasteiger partial charge is 0.264 e. The largest absolute Gasteiger partial charge is 0.482 e. The van der Waals surface area contributed by atoms with Crippen LogP contribution in [0.3, 0.4) is 0 Å². The molecule has 1 amide bonds. The van der Waals surface area contributed by atoms with E-state index in [1.807, 2.05) is 42.5 Å². The number of rotatable bonds is 4. The van der Waals surface area contributed by atoms with E-state index in [2.05, 4.69) is 12.2 Å². The van der Waals surface area contributed by atoms with Crippen LogP contribution in [-0.2, 0) is 4.79 Å². The molecule has 0 fully saturated rings. The monoisotopic (exact) mass is 330 g/mol. The van der Waals surface area contributed by atoms with Crippen LogP contribution in [0, 0.1) is 0 Å². The molecule has 0 aliphatic carbocycles. The number of fused-ring (bicyclic) bond motifs is 1. The highest BCUT2D eigenvalue weighted by Crippen LogP contribution is 2.35. The van der Waals surface area contributed by atoms with Crippen molar-refractivity contribution in [2.24, 2.45) is 0 Å². The second-order valence-electron chi connectivity index (χ2n) is 5.58. The van der Waals surface area contributed by atoms with Crippen LogP contribution in [0.2, 0.25) is 5.02 Å². The number of hydrogen-bond donors (Lipinski definition) is 1. The summed E-state index contributed by atoms with van der Waals surface area (Å²) in [7, 11) is 1.77. The van der Waals surface area contributed by atoms with E-state index in [0.717, 1.165) is 28.6 Å². The lowest BCUT2D eigenvalue weighted by Crippen LogP contribution is -2.35. The second-order valence-corrected chi connectivity index (χ2v) is 6.02. The molecule has 0 aromatic heterocycles. The van der Waals surface area contributed by atoms with Crippen molar-refractivity contribution in [3.8, 4) is 5.75 Å². The van der Waals surface area contributed by atoms with Crippen LogP contribution in [-0.4, -0.2) is 19.6 Å². The minimum Gasteiger partial charge on any atom is -0.482 e. The van der Waals surface area contributed by atoms with E-state index in [1.54, 1.807) is 11.9 Å². The Morgan fingerprint density at radius 1 is 1.26 bits per heavy atom. The molecule has 2 aromatic rings. The van der Waals surface area contributed by atoms with Gasteiger partial charge in [-0.05, 0) is 42.3 Å². The van der Waals surface area contributed by atoms with Crippen molar-refractivity contribution < 1.29 is 9.53 Å². The van der Waals surface area contributed by atoms with Gasteiger partial charge in [-0.25, -0.2) is 0 Å². The molecule has 1 unspecified atom stereocenters. The maximum Gasteiger partial charge on any atom is 0.264 e. The average molecular weight is 331 g/mol. The minimum atomic E-state index is -0.0422. The average Bonchev–Trinajstić information content (AvgIpc) is 2.57. The normalized spacial score (nSPS) is 14.9. The Hall–Kier alpha value is -2.20. The number of likely N-dealkylation sites (N-methyl/N-ethyl adjacent to an activating group) is 1. The number of benzene rings is 2. The van der Waals surface area contributed by atoms with Crippen molar-refractivity contribution in [1.82, 2.24) is 0 Å². The SMILES string of the molecule is CCC(Nc1ccc2c(c1)N(C)C(=O)CO2)c1ccc(Cl)cc1. The van der Waals surface area contributed by atoms with Gasteiger partial charge < -0.3 is 15.0 Å². The van der Waals surface area contributed by atoms with Gasteiger partial charge in [0.05, 0.1) is 11.7 Å². The first-order chi connectivity index (χ1) is 11.1. The van der Waals surface area contributed by atoms with Crippen molar-refractivity contribution in [1.29, 1.82) is 0 Å². The molecule has 0 spiro atoms. The summed E-state index contributed by atoms with van der Waals surface area (Å²) >= 11 is 5.96. The van der Waals surface area contributed by atoms with Gasteiger partial charge >= 0.3 is 0 Å². The highest BCUT2D eigenvalue weighted by Gasteiger charge is 2.22. The van der Waals surface area contributed by atoms with Gasteiger partial charge in [0, 0.05) is 17.8 Å². The number of nitrogens with one attached hydrogen (secondary N) is 1. The van der Waals surface area contributed by atoms with Crippen molar-refractivity contribution in [2.45, 2.75) is 19.4 Å². The first-order valence-corrected chi connectivity index (χ1v) is 8.01. The molecule has 0 saturated heterocycles. The highest BCUT2D eigenvalue weighted by molar-refractivity contribution is 6.30. The number of halogens is 1. The maximum atomic E-state index is 11.8. The molecule has 4 nitrogen and oxygen atoms in total. The molecule has 2 aromatic carbocycles. The van der Waals surface area contributed by atoms with E-state index >= 15 is 0 Å². The number of amides is 1. The third-order valence-corrected chi connectivity index (χ3v) is 4.32. The standard InChI is InChI=1S/C18H19ClN2O2/c1-3-15(12-4-6-13(19)7-5-12)20-14-8-9-17-16(10-14)21(2)18(22)11-23-17/h4-10,15,20H,3,11H2,1-2H3. The fourth-order valence-corrected chi connectivity index (χ4v) is 2.81. The van der Waals surface area contributed by atoms with Crippen LogP contribution >= 0.6 is 11.6 Å². The van der Waals surface area contributed by atoms with Crippen LogP contribution in [0.5, 0.6) is 5.75 Å². The molecule has 1 aliphatic rings. The van der Waals surface area contributed by atoms with E-state index in [4.69, 9.17) is 16.3 Å². The predicted molar refractivity (Wildman–Crippen MR) is 93.5 cm³/mol. The lowest BCUT2D eigenvalue weighted by Gasteiger charge is -2.27. The third-order valence-electron chi connectivity index (χ3n) is 4.07. The lowest BCUT2D eigenvalue weighted by molar-refractivity contribution is -0.120. The number of nitrogens with zero attached hydrogens (tertiary/aromatic N) is 1. The predicted octanol–water partition coefficient (Wildman–Crippen LogP) is 4.26. The van der Waals surface area contributed by atoms with Crippen LogP contribution in [0.4, 0.5) is 11.4 Å². The van der Waals surface area contributed by atoms with Gasteiger partial charge in [-0.1, -0.05) is 30.7 Å². The molecular weight excluding hydrogens is 312 g/mol. The highest BCUT2D eigenvalue weighted by atomic mass is 35.5. The Morgan fingerprint density at radius 3 is 2.70 bits per heavy atom. The molecule has 1 N–H and O–H groups in total. The molecule has 0 radical (unpaired) electrons. The van der Waals surface area contributed by atoms with Crippen LogP contribution in [0.1, 0.15) is 24.9 Å². The molecule has 0 bridgehead atoms. The Labute approximate surface area is 141 Å². The molecule has 5 heteroatoms. The first kappa shape index (κ1) is 15.7. The Bertz CT molecular complexity index is 715. The van der Waals surface area contributed by atoms with Crippen molar-refractivity contribution in [3.63, 3.8) is 0 Å². The van der Waals surface area contributed by atoms with Gasteiger partial charge in [0.1, 0.15) is 5.75 Å². The molecule has 0 saturated carbocycles. The van der Waals surface area contributed by atoms with E-state index in [0.29, 0.717) is 0 Å². The van der Waals surface area contributed by atoms with Crippen LogP contribution in [0.15, 0.2) is 42.5 Å². The van der Waals surface area contributed by atoms with Gasteiger partial charge in [-0.15, -0.1) is 0 Å². The van der Waals surface area contributed by atoms with Gasteiger partial charge in [0.25, 0.3) is 5.91 Å². The summed E-state index contributed by atoms with van der Waals surface area (Å²) in [5.74, 6) is 0.691. The molecule has 3 rings (SSSR count). The van der Waals surface area contributed by atoms with Crippen LogP contribution < -0.4 is 15.0 Å². The summed E-state index contributed by atoms with van der Waals surface area (Å²) in [5, 5.41) is 4.24. The van der Waals surface area contributed by atoms with Crippen molar-refractivity contribution in [2.75, 3.05) is 23.9 Å². The third kappa shape index (κ3) is 3.27. The van der Waals surface area contributed by atoms with Gasteiger partial charge in [0.2, 0.25) is 0 Å². The van der Waals surface area contributed by atoms with Gasteiger partial charge in [-0.3, -0.25) is 4.79 Å². The molecule has 1 aliphatic heterocycles. The second kappa shape index (κ2) is 6.50. The van der Waals surface area contributed by atoms with Crippen LogP contribution in [0.25, 0.3) is 0 Å². The molecule has 23 heavy (non-hydrogen) atoms. The topological polar surface area (TPSA) is 41.6 Å².